The van der Waals surface area contributed by atoms with Crippen LogP contribution in [0.4, 0.5) is 0 Å². The minimum Gasteiger partial charge on any atom is -0.497 e. The van der Waals surface area contributed by atoms with E-state index in [1.54, 1.807) is 31.4 Å². The van der Waals surface area contributed by atoms with Crippen molar-refractivity contribution >= 4 is 31.9 Å². The Labute approximate surface area is 174 Å². The molecule has 0 saturated carbocycles. The van der Waals surface area contributed by atoms with Crippen LogP contribution in [-0.2, 0) is 21.4 Å². The second-order valence-corrected chi connectivity index (χ2v) is 9.58. The van der Waals surface area contributed by atoms with Crippen LogP contribution in [0.1, 0.15) is 18.4 Å². The maximum Gasteiger partial charge on any atom is 0.243 e. The van der Waals surface area contributed by atoms with Crippen LogP contribution in [-0.4, -0.2) is 38.8 Å². The van der Waals surface area contributed by atoms with E-state index in [1.165, 1.54) is 4.31 Å². The molecule has 8 heteroatoms. The summed E-state index contributed by atoms with van der Waals surface area (Å²) in [5, 5.41) is 2.92. The van der Waals surface area contributed by atoms with Gasteiger partial charge in [0, 0.05) is 24.1 Å². The van der Waals surface area contributed by atoms with Gasteiger partial charge in [0.1, 0.15) is 5.75 Å². The third-order valence-electron chi connectivity index (χ3n) is 4.81. The molecule has 0 aliphatic carbocycles. The number of ether oxygens (including phenoxy) is 1. The van der Waals surface area contributed by atoms with Gasteiger partial charge in [-0.25, -0.2) is 8.42 Å². The Bertz CT molecular complexity index is 931. The Morgan fingerprint density at radius 1 is 1.25 bits per heavy atom. The maximum atomic E-state index is 12.9. The lowest BCUT2D eigenvalue weighted by atomic mass is 9.99. The van der Waals surface area contributed by atoms with Crippen molar-refractivity contribution < 1.29 is 17.9 Å². The van der Waals surface area contributed by atoms with E-state index >= 15 is 0 Å². The summed E-state index contributed by atoms with van der Waals surface area (Å²) in [5.41, 5.74) is 0.933. The molecule has 2 aromatic carbocycles. The van der Waals surface area contributed by atoms with E-state index in [9.17, 15) is 13.2 Å². The number of rotatable bonds is 6. The number of hydrogen-bond acceptors (Lipinski definition) is 4. The van der Waals surface area contributed by atoms with Gasteiger partial charge in [-0.05, 0) is 54.8 Å². The summed E-state index contributed by atoms with van der Waals surface area (Å²) in [5.74, 6) is 0.249. The molecule has 28 heavy (non-hydrogen) atoms. The third-order valence-corrected chi connectivity index (χ3v) is 7.22. The largest absolute Gasteiger partial charge is 0.497 e. The molecule has 0 unspecified atom stereocenters. The van der Waals surface area contributed by atoms with Crippen LogP contribution in [0.3, 0.4) is 0 Å². The number of amides is 1. The average molecular weight is 467 g/mol. The first kappa shape index (κ1) is 20.8. The molecule has 1 heterocycles. The summed E-state index contributed by atoms with van der Waals surface area (Å²) in [6.07, 6.45) is 1.34. The fourth-order valence-electron chi connectivity index (χ4n) is 3.25. The summed E-state index contributed by atoms with van der Waals surface area (Å²) in [6.45, 7) is 1.01. The predicted molar refractivity (Wildman–Crippen MR) is 110 cm³/mol. The number of sulfonamides is 1. The number of benzene rings is 2. The Balaban J connectivity index is 1.63. The van der Waals surface area contributed by atoms with Crippen LogP contribution in [0.5, 0.6) is 5.75 Å². The second-order valence-electron chi connectivity index (χ2n) is 6.73. The first-order valence-electron chi connectivity index (χ1n) is 9.06. The SMILES string of the molecule is COc1cccc(CNC(=O)[C@H]2CCCN(S(=O)(=O)c3ccc(Br)cc3)C2)c1. The average Bonchev–Trinajstić information content (AvgIpc) is 2.72. The van der Waals surface area contributed by atoms with Crippen molar-refractivity contribution in [1.29, 1.82) is 0 Å². The summed E-state index contributed by atoms with van der Waals surface area (Å²) < 4.78 is 33.2. The molecule has 0 radical (unpaired) electrons. The van der Waals surface area contributed by atoms with Crippen molar-refractivity contribution in [3.05, 3.63) is 58.6 Å². The summed E-state index contributed by atoms with van der Waals surface area (Å²) >= 11 is 3.31. The van der Waals surface area contributed by atoms with Crippen LogP contribution < -0.4 is 10.1 Å². The zero-order chi connectivity index (χ0) is 20.1. The highest BCUT2D eigenvalue weighted by Gasteiger charge is 2.33. The monoisotopic (exact) mass is 466 g/mol. The normalized spacial score (nSPS) is 17.9. The van der Waals surface area contributed by atoms with Crippen molar-refractivity contribution in [2.45, 2.75) is 24.3 Å². The number of nitrogens with one attached hydrogen (secondary N) is 1. The van der Waals surface area contributed by atoms with Crippen LogP contribution in [0.25, 0.3) is 0 Å². The van der Waals surface area contributed by atoms with E-state index in [1.807, 2.05) is 24.3 Å². The fourth-order valence-corrected chi connectivity index (χ4v) is 5.03. The highest BCUT2D eigenvalue weighted by Crippen LogP contribution is 2.25. The highest BCUT2D eigenvalue weighted by atomic mass is 79.9. The quantitative estimate of drug-likeness (QED) is 0.708. The molecule has 0 aromatic heterocycles. The Morgan fingerprint density at radius 2 is 2.00 bits per heavy atom. The zero-order valence-electron chi connectivity index (χ0n) is 15.6. The maximum absolute atomic E-state index is 12.9. The predicted octanol–water partition coefficient (Wildman–Crippen LogP) is 3.17. The minimum absolute atomic E-state index is 0.126. The van der Waals surface area contributed by atoms with E-state index in [-0.39, 0.29) is 23.3 Å². The number of piperidine rings is 1. The third kappa shape index (κ3) is 4.92. The van der Waals surface area contributed by atoms with Gasteiger partial charge in [-0.15, -0.1) is 0 Å². The molecular formula is C20H23BrN2O4S. The molecule has 3 rings (SSSR count). The molecule has 1 saturated heterocycles. The highest BCUT2D eigenvalue weighted by molar-refractivity contribution is 9.10. The lowest BCUT2D eigenvalue weighted by Crippen LogP contribution is -2.45. The topological polar surface area (TPSA) is 75.7 Å². The number of hydrogen-bond donors (Lipinski definition) is 1. The molecule has 150 valence electrons. The summed E-state index contributed by atoms with van der Waals surface area (Å²) in [6, 6.07) is 14.0. The van der Waals surface area contributed by atoms with Crippen molar-refractivity contribution in [3.8, 4) is 5.75 Å². The van der Waals surface area contributed by atoms with Gasteiger partial charge in [0.05, 0.1) is 17.9 Å². The van der Waals surface area contributed by atoms with Gasteiger partial charge in [-0.1, -0.05) is 28.1 Å². The Morgan fingerprint density at radius 3 is 2.71 bits per heavy atom. The lowest BCUT2D eigenvalue weighted by molar-refractivity contribution is -0.126. The van der Waals surface area contributed by atoms with Gasteiger partial charge < -0.3 is 10.1 Å². The van der Waals surface area contributed by atoms with E-state index in [0.717, 1.165) is 15.8 Å². The van der Waals surface area contributed by atoms with Crippen molar-refractivity contribution in [1.82, 2.24) is 9.62 Å². The van der Waals surface area contributed by atoms with Crippen LogP contribution >= 0.6 is 15.9 Å². The molecule has 1 aliphatic rings. The van der Waals surface area contributed by atoms with Crippen molar-refractivity contribution in [3.63, 3.8) is 0 Å². The fraction of sp³-hybridized carbons (Fsp3) is 0.350. The molecule has 1 aliphatic heterocycles. The number of nitrogens with zero attached hydrogens (tertiary/aromatic N) is 1. The van der Waals surface area contributed by atoms with E-state index in [0.29, 0.717) is 25.9 Å². The lowest BCUT2D eigenvalue weighted by Gasteiger charge is -2.31. The standard InChI is InChI=1S/C20H23BrN2O4S/c1-27-18-6-2-4-15(12-18)13-22-20(24)16-5-3-11-23(14-16)28(25,26)19-9-7-17(21)8-10-19/h2,4,6-10,12,16H,3,5,11,13-14H2,1H3,(H,22,24)/t16-/m0/s1. The van der Waals surface area contributed by atoms with Gasteiger partial charge in [0.25, 0.3) is 0 Å². The molecule has 0 bridgehead atoms. The van der Waals surface area contributed by atoms with Crippen LogP contribution in [0.15, 0.2) is 57.9 Å². The van der Waals surface area contributed by atoms with Crippen molar-refractivity contribution in [2.75, 3.05) is 20.2 Å². The summed E-state index contributed by atoms with van der Waals surface area (Å²) in [7, 11) is -2.01. The molecule has 1 atom stereocenters. The van der Waals surface area contributed by atoms with Crippen molar-refractivity contribution in [2.24, 2.45) is 5.92 Å². The molecule has 6 nitrogen and oxygen atoms in total. The first-order chi connectivity index (χ1) is 13.4. The molecular weight excluding hydrogens is 444 g/mol. The number of carbonyl (C=O) groups is 1. The molecule has 1 N–H and O–H groups in total. The first-order valence-corrected chi connectivity index (χ1v) is 11.3. The Hall–Kier alpha value is -1.90. The van der Waals surface area contributed by atoms with Gasteiger partial charge in [0.2, 0.25) is 15.9 Å². The summed E-state index contributed by atoms with van der Waals surface area (Å²) in [4.78, 5) is 12.9. The molecule has 0 spiro atoms. The molecule has 1 amide bonds. The number of methoxy groups -OCH3 is 1. The number of carbonyl (C=O) groups excluding carboxylic acids is 1. The van der Waals surface area contributed by atoms with E-state index in [4.69, 9.17) is 4.74 Å². The number of halogens is 1. The van der Waals surface area contributed by atoms with Crippen LogP contribution in [0.2, 0.25) is 0 Å². The second kappa shape index (κ2) is 9.07. The van der Waals surface area contributed by atoms with Gasteiger partial charge in [-0.3, -0.25) is 4.79 Å². The van der Waals surface area contributed by atoms with Crippen LogP contribution in [0, 0.1) is 5.92 Å². The van der Waals surface area contributed by atoms with Gasteiger partial charge in [0.15, 0.2) is 0 Å². The Kier molecular flexibility index (Phi) is 6.74. The van der Waals surface area contributed by atoms with Gasteiger partial charge >= 0.3 is 0 Å². The zero-order valence-corrected chi connectivity index (χ0v) is 18.0. The molecule has 1 fully saturated rings. The smallest absolute Gasteiger partial charge is 0.243 e. The van der Waals surface area contributed by atoms with Gasteiger partial charge in [-0.2, -0.15) is 4.31 Å². The van der Waals surface area contributed by atoms with E-state index < -0.39 is 10.0 Å². The molecule has 2 aromatic rings. The minimum atomic E-state index is -3.61. The van der Waals surface area contributed by atoms with E-state index in [2.05, 4.69) is 21.2 Å².